The van der Waals surface area contributed by atoms with E-state index in [1.165, 1.54) is 42.5 Å². The van der Waals surface area contributed by atoms with E-state index in [1.807, 2.05) is 23.1 Å². The summed E-state index contributed by atoms with van der Waals surface area (Å²) in [7, 11) is 0. The first-order valence-electron chi connectivity index (χ1n) is 11.6. The summed E-state index contributed by atoms with van der Waals surface area (Å²) in [5, 5.41) is 1.17. The Hall–Kier alpha value is -3.08. The number of hydrogen-bond acceptors (Lipinski definition) is 4. The summed E-state index contributed by atoms with van der Waals surface area (Å²) in [6, 6.07) is 34.9. The highest BCUT2D eigenvalue weighted by molar-refractivity contribution is 8.01. The van der Waals surface area contributed by atoms with Gasteiger partial charge < -0.3 is 4.90 Å². The first-order chi connectivity index (χ1) is 16.6. The van der Waals surface area contributed by atoms with Crippen LogP contribution in [0, 0.1) is 13.8 Å². The minimum absolute atomic E-state index is 0.318. The molecule has 0 fully saturated rings. The van der Waals surface area contributed by atoms with Gasteiger partial charge in [0.05, 0.1) is 15.9 Å². The molecule has 6 rings (SSSR count). The summed E-state index contributed by atoms with van der Waals surface area (Å²) in [6.07, 6.45) is 0.894. The summed E-state index contributed by atoms with van der Waals surface area (Å²) in [5.74, 6) is 0. The summed E-state index contributed by atoms with van der Waals surface area (Å²) in [4.78, 5) is 8.86. The summed E-state index contributed by atoms with van der Waals surface area (Å²) in [5.41, 5.74) is 7.76. The number of aromatic nitrogens is 1. The molecule has 1 aliphatic rings. The lowest BCUT2D eigenvalue weighted by molar-refractivity contribution is 0.565. The number of thiazole rings is 1. The van der Waals surface area contributed by atoms with E-state index in [0.717, 1.165) is 18.5 Å². The maximum Gasteiger partial charge on any atom is 0.147 e. The fourth-order valence-electron chi connectivity index (χ4n) is 4.84. The van der Waals surface area contributed by atoms with Gasteiger partial charge in [0, 0.05) is 17.9 Å². The van der Waals surface area contributed by atoms with Crippen LogP contribution in [0.3, 0.4) is 0 Å². The van der Waals surface area contributed by atoms with Crippen LogP contribution in [-0.4, -0.2) is 4.98 Å². The lowest BCUT2D eigenvalue weighted by Gasteiger charge is -2.39. The highest BCUT2D eigenvalue weighted by atomic mass is 32.2. The number of benzene rings is 4. The van der Waals surface area contributed by atoms with Crippen molar-refractivity contribution < 1.29 is 0 Å². The first kappa shape index (κ1) is 21.5. The topological polar surface area (TPSA) is 16.1 Å². The van der Waals surface area contributed by atoms with Gasteiger partial charge in [-0.15, -0.1) is 11.3 Å². The number of para-hydroxylation sites is 2. The van der Waals surface area contributed by atoms with Crippen LogP contribution in [0.15, 0.2) is 102 Å². The Morgan fingerprint density at radius 1 is 0.735 bits per heavy atom. The van der Waals surface area contributed by atoms with Crippen molar-refractivity contribution in [2.75, 3.05) is 4.90 Å². The molecule has 4 heteroatoms. The third-order valence-corrected chi connectivity index (χ3v) is 9.56. The van der Waals surface area contributed by atoms with Gasteiger partial charge in [-0.3, -0.25) is 0 Å². The highest BCUT2D eigenvalue weighted by Gasteiger charge is 2.48. The lowest BCUT2D eigenvalue weighted by Crippen LogP contribution is -2.42. The standard InChI is InChI=1S/C30H26N2S2/c1-21-11-3-5-13-23(21)19-30(29-31-25-15-7-9-17-27(25)33-29)32(20-24-14-6-4-12-22(24)2)26-16-8-10-18-28(26)34-30/h3-18H,19-20H2,1-2H3/t30-/m0/s1. The Morgan fingerprint density at radius 3 is 2.15 bits per heavy atom. The van der Waals surface area contributed by atoms with Gasteiger partial charge in [0.2, 0.25) is 0 Å². The van der Waals surface area contributed by atoms with E-state index in [-0.39, 0.29) is 4.87 Å². The third kappa shape index (κ3) is 3.62. The van der Waals surface area contributed by atoms with Crippen LogP contribution in [-0.2, 0) is 17.8 Å². The van der Waals surface area contributed by atoms with Crippen molar-refractivity contribution in [2.24, 2.45) is 0 Å². The van der Waals surface area contributed by atoms with Crippen LogP contribution >= 0.6 is 23.1 Å². The van der Waals surface area contributed by atoms with Crippen molar-refractivity contribution in [1.82, 2.24) is 4.98 Å². The average Bonchev–Trinajstić information content (AvgIpc) is 3.42. The molecule has 0 spiro atoms. The number of anilines is 1. The molecule has 34 heavy (non-hydrogen) atoms. The van der Waals surface area contributed by atoms with Crippen molar-refractivity contribution in [3.05, 3.63) is 124 Å². The molecule has 0 saturated carbocycles. The van der Waals surface area contributed by atoms with Gasteiger partial charge in [-0.1, -0.05) is 84.6 Å². The van der Waals surface area contributed by atoms with Crippen LogP contribution in [0.1, 0.15) is 27.3 Å². The normalized spacial score (nSPS) is 17.3. The van der Waals surface area contributed by atoms with E-state index in [9.17, 15) is 0 Å². The fourth-order valence-corrected chi connectivity index (χ4v) is 7.58. The van der Waals surface area contributed by atoms with Crippen molar-refractivity contribution in [3.8, 4) is 0 Å². The summed E-state index contributed by atoms with van der Waals surface area (Å²) >= 11 is 3.80. The molecular weight excluding hydrogens is 452 g/mol. The monoisotopic (exact) mass is 478 g/mol. The molecule has 4 aromatic carbocycles. The van der Waals surface area contributed by atoms with Crippen molar-refractivity contribution in [2.45, 2.75) is 36.6 Å². The van der Waals surface area contributed by atoms with E-state index in [2.05, 4.69) is 116 Å². The average molecular weight is 479 g/mol. The number of hydrogen-bond donors (Lipinski definition) is 0. The van der Waals surface area contributed by atoms with Crippen molar-refractivity contribution in [3.63, 3.8) is 0 Å². The number of fused-ring (bicyclic) bond motifs is 2. The van der Waals surface area contributed by atoms with Gasteiger partial charge in [0.1, 0.15) is 9.88 Å². The quantitative estimate of drug-likeness (QED) is 0.254. The zero-order chi connectivity index (χ0) is 23.1. The van der Waals surface area contributed by atoms with E-state index in [1.54, 1.807) is 0 Å². The lowest BCUT2D eigenvalue weighted by atomic mass is 9.98. The molecule has 168 valence electrons. The van der Waals surface area contributed by atoms with E-state index >= 15 is 0 Å². The van der Waals surface area contributed by atoms with E-state index < -0.39 is 0 Å². The molecule has 0 N–H and O–H groups in total. The molecule has 1 aliphatic heterocycles. The van der Waals surface area contributed by atoms with Gasteiger partial charge in [-0.25, -0.2) is 4.98 Å². The Morgan fingerprint density at radius 2 is 1.38 bits per heavy atom. The molecule has 0 aliphatic carbocycles. The van der Waals surface area contributed by atoms with Crippen LogP contribution in [0.4, 0.5) is 5.69 Å². The van der Waals surface area contributed by atoms with Crippen LogP contribution in [0.2, 0.25) is 0 Å². The fraction of sp³-hybridized carbons (Fsp3) is 0.167. The maximum absolute atomic E-state index is 5.25. The first-order valence-corrected chi connectivity index (χ1v) is 13.3. The molecule has 2 nitrogen and oxygen atoms in total. The molecule has 1 aromatic heterocycles. The molecular formula is C30H26N2S2. The third-order valence-electron chi connectivity index (χ3n) is 6.78. The van der Waals surface area contributed by atoms with Crippen LogP contribution < -0.4 is 4.90 Å². The molecule has 0 bridgehead atoms. The molecule has 5 aromatic rings. The second-order valence-corrected chi connectivity index (χ2v) is 11.3. The molecule has 0 amide bonds. The minimum Gasteiger partial charge on any atom is -0.345 e. The Bertz CT molecular complexity index is 1460. The predicted molar refractivity (Wildman–Crippen MR) is 146 cm³/mol. The number of aryl methyl sites for hydroxylation is 2. The SMILES string of the molecule is Cc1ccccc1CN1c2ccccc2S[C@@]1(Cc1ccccc1C)c1nc2ccccc2s1. The molecule has 2 heterocycles. The molecule has 0 unspecified atom stereocenters. The Kier molecular flexibility index (Phi) is 5.43. The summed E-state index contributed by atoms with van der Waals surface area (Å²) < 4.78 is 1.24. The Labute approximate surface area is 209 Å². The maximum atomic E-state index is 5.25. The summed E-state index contributed by atoms with van der Waals surface area (Å²) in [6.45, 7) is 5.28. The van der Waals surface area contributed by atoms with E-state index in [4.69, 9.17) is 4.98 Å². The highest BCUT2D eigenvalue weighted by Crippen LogP contribution is 2.58. The minimum atomic E-state index is -0.318. The smallest absolute Gasteiger partial charge is 0.147 e. The van der Waals surface area contributed by atoms with Gasteiger partial charge >= 0.3 is 0 Å². The predicted octanol–water partition coefficient (Wildman–Crippen LogP) is 8.12. The molecule has 1 atom stereocenters. The molecule has 0 radical (unpaired) electrons. The van der Waals surface area contributed by atoms with Gasteiger partial charge in [0.15, 0.2) is 0 Å². The van der Waals surface area contributed by atoms with Crippen molar-refractivity contribution in [1.29, 1.82) is 0 Å². The second-order valence-electron chi connectivity index (χ2n) is 8.96. The Balaban J connectivity index is 1.57. The van der Waals surface area contributed by atoms with Gasteiger partial charge in [-0.2, -0.15) is 0 Å². The second kappa shape index (κ2) is 8.61. The van der Waals surface area contributed by atoms with Crippen molar-refractivity contribution >= 4 is 39.0 Å². The van der Waals surface area contributed by atoms with Gasteiger partial charge in [0.25, 0.3) is 0 Å². The zero-order valence-electron chi connectivity index (χ0n) is 19.4. The van der Waals surface area contributed by atoms with E-state index in [0.29, 0.717) is 0 Å². The van der Waals surface area contributed by atoms with Gasteiger partial charge in [-0.05, 0) is 60.4 Å². The largest absolute Gasteiger partial charge is 0.345 e. The zero-order valence-corrected chi connectivity index (χ0v) is 21.0. The number of nitrogens with zero attached hydrogens (tertiary/aromatic N) is 2. The van der Waals surface area contributed by atoms with Crippen LogP contribution in [0.25, 0.3) is 10.2 Å². The van der Waals surface area contributed by atoms with Crippen LogP contribution in [0.5, 0.6) is 0 Å². The number of rotatable bonds is 5. The molecule has 0 saturated heterocycles. The number of thioether (sulfide) groups is 1.